The first-order chi connectivity index (χ1) is 11.8. The first-order valence-electron chi connectivity index (χ1n) is 7.88. The van der Waals surface area contributed by atoms with Crippen molar-refractivity contribution in [2.24, 2.45) is 17.0 Å². The fourth-order valence-electron chi connectivity index (χ4n) is 2.24. The average molecular weight is 316 g/mol. The highest BCUT2D eigenvalue weighted by Gasteiger charge is 1.99. The quantitative estimate of drug-likeness (QED) is 0.582. The van der Waals surface area contributed by atoms with Gasteiger partial charge in [-0.05, 0) is 29.8 Å². The summed E-state index contributed by atoms with van der Waals surface area (Å²) in [7, 11) is 1.97. The van der Waals surface area contributed by atoms with Crippen LogP contribution < -0.4 is 10.8 Å². The van der Waals surface area contributed by atoms with Crippen LogP contribution in [0.2, 0.25) is 0 Å². The highest BCUT2D eigenvalue weighted by molar-refractivity contribution is 5.94. The van der Waals surface area contributed by atoms with Crippen LogP contribution in [0.3, 0.4) is 0 Å². The molecule has 3 aromatic rings. The molecule has 0 amide bonds. The van der Waals surface area contributed by atoms with Crippen LogP contribution in [0.4, 0.5) is 5.69 Å². The lowest BCUT2D eigenvalue weighted by Gasteiger charge is -2.07. The second-order valence-corrected chi connectivity index (χ2v) is 5.40. The van der Waals surface area contributed by atoms with E-state index in [0.29, 0.717) is 12.5 Å². The van der Waals surface area contributed by atoms with Gasteiger partial charge < -0.3 is 9.88 Å². The zero-order chi connectivity index (χ0) is 16.6. The van der Waals surface area contributed by atoms with Crippen molar-refractivity contribution < 1.29 is 0 Å². The minimum absolute atomic E-state index is 0.579. The minimum Gasteiger partial charge on any atom is -0.336 e. The number of nitrogens with one attached hydrogen (secondary N) is 1. The van der Waals surface area contributed by atoms with Gasteiger partial charge in [0.2, 0.25) is 5.96 Å². The molecule has 0 radical (unpaired) electrons. The number of pyridine rings is 1. The van der Waals surface area contributed by atoms with Crippen LogP contribution in [0.1, 0.15) is 5.56 Å². The number of para-hydroxylation sites is 1. The lowest BCUT2D eigenvalue weighted by atomic mass is 10.2. The Balaban J connectivity index is 1.91. The molecule has 4 heteroatoms. The molecule has 1 N–H and O–H groups in total. The Labute approximate surface area is 141 Å². The van der Waals surface area contributed by atoms with Crippen molar-refractivity contribution in [3.8, 4) is 0 Å². The summed E-state index contributed by atoms with van der Waals surface area (Å²) in [6, 6.07) is 26.0. The molecule has 4 nitrogen and oxygen atoms in total. The highest BCUT2D eigenvalue weighted by Crippen LogP contribution is 2.07. The van der Waals surface area contributed by atoms with Crippen LogP contribution in [-0.4, -0.2) is 10.5 Å². The number of aryl methyl sites for hydroxylation is 1. The molecule has 0 aliphatic rings. The summed E-state index contributed by atoms with van der Waals surface area (Å²) in [6.45, 7) is 0.579. The molecule has 0 bridgehead atoms. The van der Waals surface area contributed by atoms with Crippen LogP contribution in [0, 0.1) is 0 Å². The van der Waals surface area contributed by atoms with E-state index in [1.807, 2.05) is 84.5 Å². The number of guanidine groups is 1. The number of rotatable bonds is 3. The summed E-state index contributed by atoms with van der Waals surface area (Å²) in [4.78, 5) is 9.32. The van der Waals surface area contributed by atoms with Gasteiger partial charge in [0.15, 0.2) is 0 Å². The average Bonchev–Trinajstić information content (AvgIpc) is 2.63. The molecule has 3 rings (SSSR count). The van der Waals surface area contributed by atoms with E-state index in [2.05, 4.69) is 27.4 Å². The van der Waals surface area contributed by atoms with Gasteiger partial charge in [-0.25, -0.2) is 4.99 Å². The number of benzene rings is 2. The summed E-state index contributed by atoms with van der Waals surface area (Å²) in [5, 5.41) is 3.29. The molecule has 0 saturated heterocycles. The second-order valence-electron chi connectivity index (χ2n) is 5.40. The highest BCUT2D eigenvalue weighted by atomic mass is 15.2. The fraction of sp³-hybridized carbons (Fsp3) is 0.100. The largest absolute Gasteiger partial charge is 0.336 e. The van der Waals surface area contributed by atoms with E-state index in [9.17, 15) is 0 Å². The van der Waals surface area contributed by atoms with E-state index >= 15 is 0 Å². The number of aromatic nitrogens is 1. The van der Waals surface area contributed by atoms with Crippen molar-refractivity contribution in [1.29, 1.82) is 0 Å². The smallest absolute Gasteiger partial charge is 0.224 e. The van der Waals surface area contributed by atoms with E-state index in [-0.39, 0.29) is 0 Å². The Hall–Kier alpha value is -3.14. The summed E-state index contributed by atoms with van der Waals surface area (Å²) in [5.74, 6) is 0.590. The molecule has 1 aromatic heterocycles. The van der Waals surface area contributed by atoms with Crippen LogP contribution in [0.5, 0.6) is 0 Å². The van der Waals surface area contributed by atoms with Crippen molar-refractivity contribution in [2.45, 2.75) is 6.54 Å². The first kappa shape index (κ1) is 15.7. The SMILES string of the molecule is Cn1ccccc1=NC(=NCc1ccccc1)Nc1ccccc1. The molecule has 0 fully saturated rings. The minimum atomic E-state index is 0.579. The number of hydrogen-bond acceptors (Lipinski definition) is 1. The molecular weight excluding hydrogens is 296 g/mol. The molecule has 120 valence electrons. The van der Waals surface area contributed by atoms with Crippen molar-refractivity contribution in [3.05, 3.63) is 96.1 Å². The molecule has 0 aliphatic heterocycles. The summed E-state index contributed by atoms with van der Waals surface area (Å²) in [5.41, 5.74) is 2.96. The van der Waals surface area contributed by atoms with Gasteiger partial charge in [-0.2, -0.15) is 4.99 Å². The standard InChI is InChI=1S/C20H20N4/c1-24-15-9-8-14-19(24)23-20(22-18-12-6-3-7-13-18)21-16-17-10-4-2-5-11-17/h2-15H,16H2,1H3,(H,21,22). The topological polar surface area (TPSA) is 41.7 Å². The Morgan fingerprint density at radius 2 is 1.54 bits per heavy atom. The normalized spacial score (nSPS) is 12.2. The van der Waals surface area contributed by atoms with Gasteiger partial charge in [-0.1, -0.05) is 54.6 Å². The van der Waals surface area contributed by atoms with Crippen LogP contribution in [-0.2, 0) is 13.6 Å². The molecule has 0 saturated carbocycles. The lowest BCUT2D eigenvalue weighted by molar-refractivity contribution is 0.837. The third-order valence-electron chi connectivity index (χ3n) is 3.53. The van der Waals surface area contributed by atoms with Gasteiger partial charge in [0.1, 0.15) is 5.49 Å². The molecule has 0 aliphatic carbocycles. The van der Waals surface area contributed by atoms with E-state index in [1.54, 1.807) is 0 Å². The second kappa shape index (κ2) is 7.92. The molecular formula is C20H20N4. The molecule has 24 heavy (non-hydrogen) atoms. The van der Waals surface area contributed by atoms with Gasteiger partial charge in [0.25, 0.3) is 0 Å². The predicted octanol–water partition coefficient (Wildman–Crippen LogP) is 3.59. The third kappa shape index (κ3) is 4.43. The monoisotopic (exact) mass is 316 g/mol. The van der Waals surface area contributed by atoms with Crippen molar-refractivity contribution in [1.82, 2.24) is 4.57 Å². The molecule has 0 spiro atoms. The molecule has 2 aromatic carbocycles. The zero-order valence-electron chi connectivity index (χ0n) is 13.6. The molecule has 0 unspecified atom stereocenters. The summed E-state index contributed by atoms with van der Waals surface area (Å²) >= 11 is 0. The van der Waals surface area contributed by atoms with Gasteiger partial charge in [-0.3, -0.25) is 0 Å². The Kier molecular flexibility index (Phi) is 5.20. The van der Waals surface area contributed by atoms with Gasteiger partial charge in [-0.15, -0.1) is 0 Å². The van der Waals surface area contributed by atoms with Crippen molar-refractivity contribution >= 4 is 11.6 Å². The molecule has 0 atom stereocenters. The van der Waals surface area contributed by atoms with Gasteiger partial charge >= 0.3 is 0 Å². The van der Waals surface area contributed by atoms with Crippen LogP contribution in [0.25, 0.3) is 0 Å². The maximum atomic E-state index is 4.67. The predicted molar refractivity (Wildman–Crippen MR) is 98.6 cm³/mol. The Morgan fingerprint density at radius 1 is 0.875 bits per heavy atom. The lowest BCUT2D eigenvalue weighted by Crippen LogP contribution is -2.21. The third-order valence-corrected chi connectivity index (χ3v) is 3.53. The Morgan fingerprint density at radius 3 is 2.25 bits per heavy atom. The number of nitrogens with zero attached hydrogens (tertiary/aromatic N) is 3. The van der Waals surface area contributed by atoms with Gasteiger partial charge in [0.05, 0.1) is 6.54 Å². The first-order valence-corrected chi connectivity index (χ1v) is 7.88. The Bertz CT molecular complexity index is 865. The summed E-state index contributed by atoms with van der Waals surface area (Å²) < 4.78 is 1.96. The van der Waals surface area contributed by atoms with Crippen LogP contribution >= 0.6 is 0 Å². The van der Waals surface area contributed by atoms with E-state index < -0.39 is 0 Å². The maximum Gasteiger partial charge on any atom is 0.224 e. The number of hydrogen-bond donors (Lipinski definition) is 1. The number of aliphatic imine (C=N–C) groups is 1. The van der Waals surface area contributed by atoms with E-state index in [1.165, 1.54) is 0 Å². The van der Waals surface area contributed by atoms with Crippen LogP contribution in [0.15, 0.2) is 95.0 Å². The van der Waals surface area contributed by atoms with Crippen molar-refractivity contribution in [3.63, 3.8) is 0 Å². The zero-order valence-corrected chi connectivity index (χ0v) is 13.6. The van der Waals surface area contributed by atoms with E-state index in [0.717, 1.165) is 16.7 Å². The fourth-order valence-corrected chi connectivity index (χ4v) is 2.24. The summed E-state index contributed by atoms with van der Waals surface area (Å²) in [6.07, 6.45) is 1.97. The maximum absolute atomic E-state index is 4.67. The molecule has 1 heterocycles. The van der Waals surface area contributed by atoms with Gasteiger partial charge in [0, 0.05) is 18.9 Å². The van der Waals surface area contributed by atoms with Crippen molar-refractivity contribution in [2.75, 3.05) is 5.32 Å². The number of anilines is 1. The van der Waals surface area contributed by atoms with E-state index in [4.69, 9.17) is 0 Å².